The van der Waals surface area contributed by atoms with Crippen molar-refractivity contribution < 1.29 is 29.6 Å². The van der Waals surface area contributed by atoms with Crippen LogP contribution in [-0.4, -0.2) is 11.1 Å². The summed E-state index contributed by atoms with van der Waals surface area (Å²) in [5.41, 5.74) is 3.04. The molecule has 16 saturated carbocycles. The van der Waals surface area contributed by atoms with E-state index in [9.17, 15) is 0 Å². The van der Waals surface area contributed by atoms with Crippen LogP contribution in [0.25, 0.3) is 5.32 Å². The maximum atomic E-state index is 7.50. The van der Waals surface area contributed by atoms with Gasteiger partial charge in [-0.3, -0.25) is 0 Å². The predicted molar refractivity (Wildman–Crippen MR) is 185 cm³/mol. The molecule has 17 rings (SSSR count). The molecule has 0 N–H and O–H groups in total. The van der Waals surface area contributed by atoms with Crippen LogP contribution >= 0.6 is 0 Å². The Hall–Kier alpha value is 0.960. The first-order valence-corrected chi connectivity index (χ1v) is 22.1. The topological polar surface area (TPSA) is 14.1 Å². The van der Waals surface area contributed by atoms with E-state index in [0.29, 0.717) is 32.7 Å². The Morgan fingerprint density at radius 1 is 0.277 bits per heavy atom. The summed E-state index contributed by atoms with van der Waals surface area (Å²) in [5.74, 6) is 12.9. The zero-order valence-corrected chi connectivity index (χ0v) is 32.5. The minimum absolute atomic E-state index is 0. The van der Waals surface area contributed by atoms with Gasteiger partial charge in [0.1, 0.15) is 0 Å². The average Bonchev–Trinajstić information content (AvgIpc) is 2.98. The van der Waals surface area contributed by atoms with E-state index in [-0.39, 0.29) is 29.6 Å². The molecule has 2 heteroatoms. The van der Waals surface area contributed by atoms with Crippen LogP contribution in [0.2, 0.25) is 0 Å². The van der Waals surface area contributed by atoms with Gasteiger partial charge in [-0.05, 0) is 247 Å². The monoisotopic (exact) mass is 644 g/mol. The van der Waals surface area contributed by atoms with E-state index in [2.05, 4.69) is 0 Å². The second-order valence-electron chi connectivity index (χ2n) is 23.5. The van der Waals surface area contributed by atoms with Crippen molar-refractivity contribution >= 4 is 0 Å². The summed E-state index contributed by atoms with van der Waals surface area (Å²) in [6, 6.07) is 0. The molecule has 0 aromatic rings. The Morgan fingerprint density at radius 3 is 0.617 bits per heavy atom. The van der Waals surface area contributed by atoms with Gasteiger partial charge in [0.25, 0.3) is 0 Å². The smallest absolute Gasteiger partial charge is 0.649 e. The maximum absolute atomic E-state index is 7.50. The molecule has 0 radical (unpaired) electrons. The summed E-state index contributed by atoms with van der Waals surface area (Å²) in [5, 5.41) is 7.50. The van der Waals surface area contributed by atoms with E-state index in [4.69, 9.17) is 5.32 Å². The number of hydrogen-bond acceptors (Lipinski definition) is 0. The molecule has 0 aromatic carbocycles. The van der Waals surface area contributed by atoms with Gasteiger partial charge in [-0.2, -0.15) is 0 Å². The molecule has 1 saturated heterocycles. The third-order valence-corrected chi connectivity index (χ3v) is 21.1. The Balaban J connectivity index is 0.00000259. The number of nitrogens with zero attached hydrogens (tertiary/aromatic N) is 1. The van der Waals surface area contributed by atoms with Gasteiger partial charge in [0.05, 0.1) is 0 Å². The standard InChI is InChI=1S/C45H66N.Na/c1-2-44(40-16-28-4-29(17-40)6-30(5-28)18-40,41-19-31-7-32(20-41)9-33(8-31)21-41)46-45(3-1,42-22-34-10-35(23-42)12-36(11-34)24-42)43-25-37-13-38(26-43)15-39(14-37)27-43;/h28-39H,1-27H2;/q-1;+1. The maximum Gasteiger partial charge on any atom is 1.00 e. The first-order valence-electron chi connectivity index (χ1n) is 22.1. The molecule has 16 bridgehead atoms. The van der Waals surface area contributed by atoms with Gasteiger partial charge in [0.2, 0.25) is 0 Å². The van der Waals surface area contributed by atoms with Crippen molar-refractivity contribution in [2.75, 3.05) is 0 Å². The second-order valence-corrected chi connectivity index (χ2v) is 23.5. The van der Waals surface area contributed by atoms with Crippen molar-refractivity contribution in [1.29, 1.82) is 0 Å². The zero-order valence-electron chi connectivity index (χ0n) is 30.5. The molecule has 252 valence electrons. The molecule has 0 spiro atoms. The molecule has 0 atom stereocenters. The Kier molecular flexibility index (Phi) is 6.30. The van der Waals surface area contributed by atoms with Crippen LogP contribution in [-0.2, 0) is 0 Å². The first-order chi connectivity index (χ1) is 22.4. The average molecular weight is 644 g/mol. The van der Waals surface area contributed by atoms with Gasteiger partial charge >= 0.3 is 29.6 Å². The van der Waals surface area contributed by atoms with Crippen LogP contribution in [0.5, 0.6) is 0 Å². The van der Waals surface area contributed by atoms with Gasteiger partial charge < -0.3 is 5.32 Å². The zero-order chi connectivity index (χ0) is 29.7. The minimum atomic E-state index is 0. The quantitative estimate of drug-likeness (QED) is 0.272. The third kappa shape index (κ3) is 3.76. The van der Waals surface area contributed by atoms with Gasteiger partial charge in [-0.25, -0.2) is 0 Å². The van der Waals surface area contributed by atoms with Crippen molar-refractivity contribution in [2.45, 2.75) is 184 Å². The van der Waals surface area contributed by atoms with Crippen molar-refractivity contribution in [2.24, 2.45) is 92.7 Å². The van der Waals surface area contributed by atoms with E-state index in [1.807, 2.05) is 0 Å². The number of piperidine rings is 1. The van der Waals surface area contributed by atoms with Crippen LogP contribution < -0.4 is 29.6 Å². The van der Waals surface area contributed by atoms with Gasteiger partial charge in [0, 0.05) is 0 Å². The molecule has 1 aliphatic heterocycles. The fraction of sp³-hybridized carbons (Fsp3) is 1.00. The SMILES string of the molecule is C1CC(C23CC4CC(CC(C4)C2)C3)(C23CC4CC(CC(C4)C2)C3)[N-]C(C23CC4CC(CC(C4)C2)C3)(C23CC4CC(CC(C4)C2)C3)C1.[Na+]. The van der Waals surface area contributed by atoms with E-state index in [1.54, 1.807) is 173 Å². The minimum Gasteiger partial charge on any atom is -0.649 e. The molecular formula is C45H66NNa. The van der Waals surface area contributed by atoms with Crippen molar-refractivity contribution in [1.82, 2.24) is 0 Å². The first kappa shape index (κ1) is 30.4. The molecule has 0 aromatic heterocycles. The fourth-order valence-corrected chi connectivity index (χ4v) is 22.2. The largest absolute Gasteiger partial charge is 1.00 e. The normalized spacial score (nSPS) is 66.4. The van der Waals surface area contributed by atoms with Gasteiger partial charge in [-0.15, -0.1) is 11.1 Å². The molecule has 17 aliphatic rings. The number of rotatable bonds is 4. The summed E-state index contributed by atoms with van der Waals surface area (Å²) < 4.78 is 0. The molecule has 1 nitrogen and oxygen atoms in total. The fourth-order valence-electron chi connectivity index (χ4n) is 22.2. The molecular weight excluding hydrogens is 577 g/mol. The van der Waals surface area contributed by atoms with E-state index in [0.717, 1.165) is 71.0 Å². The van der Waals surface area contributed by atoms with E-state index < -0.39 is 0 Å². The van der Waals surface area contributed by atoms with Crippen molar-refractivity contribution in [3.63, 3.8) is 0 Å². The summed E-state index contributed by atoms with van der Waals surface area (Å²) in [4.78, 5) is 0. The summed E-state index contributed by atoms with van der Waals surface area (Å²) >= 11 is 0. The van der Waals surface area contributed by atoms with E-state index in [1.165, 1.54) is 0 Å². The predicted octanol–water partition coefficient (Wildman–Crippen LogP) is 8.89. The molecule has 1 heterocycles. The Morgan fingerprint density at radius 2 is 0.447 bits per heavy atom. The summed E-state index contributed by atoms with van der Waals surface area (Å²) in [6.45, 7) is 0. The van der Waals surface area contributed by atoms with Gasteiger partial charge in [-0.1, -0.05) is 19.3 Å². The molecule has 47 heavy (non-hydrogen) atoms. The van der Waals surface area contributed by atoms with Crippen LogP contribution in [0.1, 0.15) is 173 Å². The number of hydrogen-bond donors (Lipinski definition) is 0. The molecule has 16 aliphatic carbocycles. The molecule has 0 amide bonds. The van der Waals surface area contributed by atoms with E-state index >= 15 is 0 Å². The van der Waals surface area contributed by atoms with Crippen molar-refractivity contribution in [3.05, 3.63) is 5.32 Å². The summed E-state index contributed by atoms with van der Waals surface area (Å²) in [6.07, 6.45) is 43.6. The van der Waals surface area contributed by atoms with Crippen molar-refractivity contribution in [3.8, 4) is 0 Å². The second kappa shape index (κ2) is 9.73. The van der Waals surface area contributed by atoms with Crippen LogP contribution in [0, 0.1) is 92.7 Å². The molecule has 0 unspecified atom stereocenters. The summed E-state index contributed by atoms with van der Waals surface area (Å²) in [7, 11) is 0. The molecule has 17 fully saturated rings. The van der Waals surface area contributed by atoms with Crippen LogP contribution in [0.15, 0.2) is 0 Å². The Bertz CT molecular complexity index is 996. The van der Waals surface area contributed by atoms with Crippen LogP contribution in [0.4, 0.5) is 0 Å². The van der Waals surface area contributed by atoms with Crippen LogP contribution in [0.3, 0.4) is 0 Å². The Labute approximate surface area is 310 Å². The van der Waals surface area contributed by atoms with Gasteiger partial charge in [0.15, 0.2) is 0 Å². The third-order valence-electron chi connectivity index (χ3n) is 21.1.